The molecule has 140 valence electrons. The molecule has 2 rings (SSSR count). The van der Waals surface area contributed by atoms with Crippen LogP contribution in [0, 0.1) is 0 Å². The molecule has 0 spiro atoms. The fraction of sp³-hybridized carbons (Fsp3) is 0.455. The molecule has 26 heavy (non-hydrogen) atoms. The highest BCUT2D eigenvalue weighted by molar-refractivity contribution is 5.91. The minimum atomic E-state index is -0.806. The molecule has 1 amide bonds. The Labute approximate surface area is 157 Å². The molecule has 4 nitrogen and oxygen atoms in total. The number of amides is 1. The number of hydrogen-bond donors (Lipinski definition) is 1. The SMILES string of the molecule is CNC(=O)C(CCN(C(C)C)C(C)C)(c1ccccc1)c1ccccn1. The highest BCUT2D eigenvalue weighted by atomic mass is 16.2. The van der Waals surface area contributed by atoms with Gasteiger partial charge in [-0.25, -0.2) is 0 Å². The van der Waals surface area contributed by atoms with Crippen molar-refractivity contribution in [1.29, 1.82) is 0 Å². The lowest BCUT2D eigenvalue weighted by molar-refractivity contribution is -0.125. The first kappa shape index (κ1) is 20.1. The molecule has 0 saturated carbocycles. The number of benzene rings is 1. The lowest BCUT2D eigenvalue weighted by atomic mass is 9.73. The second-order valence-corrected chi connectivity index (χ2v) is 7.24. The number of aromatic nitrogens is 1. The Balaban J connectivity index is 2.55. The molecule has 1 unspecified atom stereocenters. The van der Waals surface area contributed by atoms with E-state index in [1.807, 2.05) is 48.5 Å². The standard InChI is InChI=1S/C22H31N3O/c1-17(2)25(18(3)4)16-14-22(21(26)23-5,19-11-7-6-8-12-19)20-13-9-10-15-24-20/h6-13,15,17-18H,14,16H2,1-5H3,(H,23,26). The molecule has 1 aromatic heterocycles. The number of pyridine rings is 1. The second-order valence-electron chi connectivity index (χ2n) is 7.24. The summed E-state index contributed by atoms with van der Waals surface area (Å²) in [5.41, 5.74) is 0.961. The lowest BCUT2D eigenvalue weighted by Crippen LogP contribution is -2.48. The predicted octanol–water partition coefficient (Wildman–Crippen LogP) is 3.62. The van der Waals surface area contributed by atoms with E-state index in [9.17, 15) is 4.79 Å². The molecule has 1 aromatic carbocycles. The highest BCUT2D eigenvalue weighted by Gasteiger charge is 2.43. The van der Waals surface area contributed by atoms with Crippen molar-refractivity contribution in [1.82, 2.24) is 15.2 Å². The summed E-state index contributed by atoms with van der Waals surface area (Å²) in [4.78, 5) is 20.2. The van der Waals surface area contributed by atoms with Crippen molar-refractivity contribution in [2.24, 2.45) is 0 Å². The van der Waals surface area contributed by atoms with Crippen LogP contribution < -0.4 is 5.32 Å². The third kappa shape index (κ3) is 4.13. The maximum absolute atomic E-state index is 13.2. The maximum Gasteiger partial charge on any atom is 0.236 e. The van der Waals surface area contributed by atoms with Gasteiger partial charge in [0, 0.05) is 31.9 Å². The molecule has 2 aromatic rings. The second kappa shape index (κ2) is 8.95. The molecule has 0 bridgehead atoms. The van der Waals surface area contributed by atoms with Crippen LogP contribution in [0.4, 0.5) is 0 Å². The van der Waals surface area contributed by atoms with Gasteiger partial charge < -0.3 is 5.32 Å². The van der Waals surface area contributed by atoms with E-state index >= 15 is 0 Å². The summed E-state index contributed by atoms with van der Waals surface area (Å²) in [6.45, 7) is 9.61. The molecule has 0 aliphatic rings. The van der Waals surface area contributed by atoms with E-state index < -0.39 is 5.41 Å². The van der Waals surface area contributed by atoms with Gasteiger partial charge in [0.1, 0.15) is 5.41 Å². The van der Waals surface area contributed by atoms with Crippen LogP contribution in [-0.4, -0.2) is 41.5 Å². The number of nitrogens with one attached hydrogen (secondary N) is 1. The molecule has 1 heterocycles. The third-order valence-corrected chi connectivity index (χ3v) is 5.06. The Morgan fingerprint density at radius 2 is 1.65 bits per heavy atom. The first-order valence-electron chi connectivity index (χ1n) is 9.38. The van der Waals surface area contributed by atoms with Gasteiger partial charge in [0.25, 0.3) is 0 Å². The minimum Gasteiger partial charge on any atom is -0.358 e. The molecule has 0 aliphatic carbocycles. The van der Waals surface area contributed by atoms with Crippen molar-refractivity contribution in [3.8, 4) is 0 Å². The fourth-order valence-corrected chi connectivity index (χ4v) is 3.74. The zero-order valence-corrected chi connectivity index (χ0v) is 16.6. The summed E-state index contributed by atoms with van der Waals surface area (Å²) in [6.07, 6.45) is 2.43. The van der Waals surface area contributed by atoms with Gasteiger partial charge in [-0.05, 0) is 51.8 Å². The Morgan fingerprint density at radius 3 is 2.15 bits per heavy atom. The van der Waals surface area contributed by atoms with Crippen LogP contribution in [0.15, 0.2) is 54.7 Å². The van der Waals surface area contributed by atoms with Crippen LogP contribution in [0.5, 0.6) is 0 Å². The number of hydrogen-bond acceptors (Lipinski definition) is 3. The average Bonchev–Trinajstić information content (AvgIpc) is 2.65. The smallest absolute Gasteiger partial charge is 0.236 e. The van der Waals surface area contributed by atoms with E-state index in [-0.39, 0.29) is 5.91 Å². The van der Waals surface area contributed by atoms with E-state index in [2.05, 4.69) is 42.9 Å². The summed E-state index contributed by atoms with van der Waals surface area (Å²) in [7, 11) is 1.70. The molecule has 4 heteroatoms. The molecule has 0 saturated heterocycles. The Morgan fingerprint density at radius 1 is 1.04 bits per heavy atom. The Bertz CT molecular complexity index is 636. The van der Waals surface area contributed by atoms with Crippen LogP contribution in [0.1, 0.15) is 45.4 Å². The Kier molecular flexibility index (Phi) is 6.92. The van der Waals surface area contributed by atoms with E-state index in [0.29, 0.717) is 18.5 Å². The van der Waals surface area contributed by atoms with E-state index in [0.717, 1.165) is 17.8 Å². The van der Waals surface area contributed by atoms with Gasteiger partial charge in [-0.2, -0.15) is 0 Å². The monoisotopic (exact) mass is 353 g/mol. The van der Waals surface area contributed by atoms with Crippen LogP contribution in [0.25, 0.3) is 0 Å². The molecule has 1 N–H and O–H groups in total. The van der Waals surface area contributed by atoms with Crippen molar-refractivity contribution >= 4 is 5.91 Å². The molecule has 0 radical (unpaired) electrons. The van der Waals surface area contributed by atoms with E-state index in [1.54, 1.807) is 13.2 Å². The lowest BCUT2D eigenvalue weighted by Gasteiger charge is -2.37. The van der Waals surface area contributed by atoms with Crippen LogP contribution in [-0.2, 0) is 10.2 Å². The quantitative estimate of drug-likeness (QED) is 0.788. The van der Waals surface area contributed by atoms with Gasteiger partial charge in [-0.1, -0.05) is 36.4 Å². The van der Waals surface area contributed by atoms with E-state index in [4.69, 9.17) is 0 Å². The van der Waals surface area contributed by atoms with Gasteiger partial charge in [-0.15, -0.1) is 0 Å². The maximum atomic E-state index is 13.2. The zero-order chi connectivity index (χ0) is 19.2. The fourth-order valence-electron chi connectivity index (χ4n) is 3.74. The van der Waals surface area contributed by atoms with Gasteiger partial charge in [0.2, 0.25) is 5.91 Å². The largest absolute Gasteiger partial charge is 0.358 e. The summed E-state index contributed by atoms with van der Waals surface area (Å²) in [5, 5.41) is 2.89. The van der Waals surface area contributed by atoms with Gasteiger partial charge in [0.05, 0.1) is 5.69 Å². The van der Waals surface area contributed by atoms with Gasteiger partial charge >= 0.3 is 0 Å². The number of nitrogens with zero attached hydrogens (tertiary/aromatic N) is 2. The van der Waals surface area contributed by atoms with Gasteiger partial charge in [-0.3, -0.25) is 14.7 Å². The summed E-state index contributed by atoms with van der Waals surface area (Å²) >= 11 is 0. The molecule has 0 fully saturated rings. The number of carbonyl (C=O) groups excluding carboxylic acids is 1. The topological polar surface area (TPSA) is 45.2 Å². The molecule has 1 atom stereocenters. The number of likely N-dealkylation sites (N-methyl/N-ethyl adjacent to an activating group) is 1. The summed E-state index contributed by atoms with van der Waals surface area (Å²) < 4.78 is 0. The molecular formula is C22H31N3O. The van der Waals surface area contributed by atoms with Crippen molar-refractivity contribution in [2.45, 2.75) is 51.6 Å². The first-order valence-corrected chi connectivity index (χ1v) is 9.38. The third-order valence-electron chi connectivity index (χ3n) is 5.06. The average molecular weight is 354 g/mol. The summed E-state index contributed by atoms with van der Waals surface area (Å²) in [6, 6.07) is 16.6. The summed E-state index contributed by atoms with van der Waals surface area (Å²) in [5.74, 6) is -0.0186. The number of carbonyl (C=O) groups is 1. The molecular weight excluding hydrogens is 322 g/mol. The van der Waals surface area contributed by atoms with Crippen LogP contribution in [0.3, 0.4) is 0 Å². The van der Waals surface area contributed by atoms with Gasteiger partial charge in [0.15, 0.2) is 0 Å². The number of rotatable bonds is 8. The molecule has 0 aliphatic heterocycles. The normalized spacial score (nSPS) is 13.8. The van der Waals surface area contributed by atoms with Crippen molar-refractivity contribution < 1.29 is 4.79 Å². The van der Waals surface area contributed by atoms with Crippen molar-refractivity contribution in [3.63, 3.8) is 0 Å². The highest BCUT2D eigenvalue weighted by Crippen LogP contribution is 2.35. The van der Waals surface area contributed by atoms with Crippen molar-refractivity contribution in [3.05, 3.63) is 66.0 Å². The Hall–Kier alpha value is -2.20. The van der Waals surface area contributed by atoms with Crippen molar-refractivity contribution in [2.75, 3.05) is 13.6 Å². The first-order chi connectivity index (χ1) is 12.4. The minimum absolute atomic E-state index is 0.0186. The van der Waals surface area contributed by atoms with E-state index in [1.165, 1.54) is 0 Å². The zero-order valence-electron chi connectivity index (χ0n) is 16.6. The van der Waals surface area contributed by atoms with Crippen LogP contribution >= 0.6 is 0 Å². The van der Waals surface area contributed by atoms with Crippen LogP contribution in [0.2, 0.25) is 0 Å². The predicted molar refractivity (Wildman–Crippen MR) is 107 cm³/mol.